The number of hydrogen-bond donors (Lipinski definition) is 2. The highest BCUT2D eigenvalue weighted by Gasteiger charge is 2.35. The lowest BCUT2D eigenvalue weighted by Gasteiger charge is -2.36. The number of carbonyl (C=O) groups excluding carboxylic acids is 2. The number of methoxy groups -OCH3 is 1. The van der Waals surface area contributed by atoms with Crippen molar-refractivity contribution in [3.63, 3.8) is 0 Å². The van der Waals surface area contributed by atoms with Gasteiger partial charge in [-0.25, -0.2) is 9.78 Å². The largest absolute Gasteiger partial charge is 0.491 e. The number of halogens is 2. The van der Waals surface area contributed by atoms with Crippen LogP contribution in [0.1, 0.15) is 18.5 Å². The number of piperazine rings is 1. The third-order valence-corrected chi connectivity index (χ3v) is 6.58. The molecule has 1 aromatic heterocycles. The lowest BCUT2D eigenvalue weighted by molar-refractivity contribution is -0.133. The molecule has 2 aromatic rings. The number of ether oxygens (including phenoxy) is 1. The Morgan fingerprint density at radius 2 is 2.00 bits per heavy atom. The molecular weight excluding hydrogens is 481 g/mol. The minimum Gasteiger partial charge on any atom is -0.491 e. The van der Waals surface area contributed by atoms with Gasteiger partial charge in [-0.05, 0) is 24.6 Å². The van der Waals surface area contributed by atoms with Crippen LogP contribution in [0, 0.1) is 0 Å². The van der Waals surface area contributed by atoms with Crippen LogP contribution >= 0.6 is 23.2 Å². The molecule has 0 unspecified atom stereocenters. The Hall–Kier alpha value is -2.98. The number of likely N-dealkylation sites (N-methyl/N-ethyl adjacent to an activating group) is 1. The molecule has 12 heteroatoms. The Bertz CT molecular complexity index is 1080. The van der Waals surface area contributed by atoms with E-state index in [1.165, 1.54) is 4.90 Å². The number of amides is 3. The van der Waals surface area contributed by atoms with Crippen LogP contribution in [0.25, 0.3) is 0 Å². The molecule has 3 heterocycles. The summed E-state index contributed by atoms with van der Waals surface area (Å²) in [7, 11) is 3.24. The van der Waals surface area contributed by atoms with Gasteiger partial charge in [0.25, 0.3) is 0 Å². The van der Waals surface area contributed by atoms with Crippen molar-refractivity contribution >= 4 is 46.9 Å². The summed E-state index contributed by atoms with van der Waals surface area (Å²) < 4.78 is 5.45. The SMILES string of the molecule is COc1cnc(N2CCN(C(=O)[C@H]3CN(C)C(=O)N3)CC2)nc1N[C@H](C)c1ccc(Cl)cc1Cl. The van der Waals surface area contributed by atoms with Gasteiger partial charge in [0, 0.05) is 43.3 Å². The van der Waals surface area contributed by atoms with Crippen LogP contribution in [0.2, 0.25) is 10.0 Å². The van der Waals surface area contributed by atoms with Crippen LogP contribution in [0.4, 0.5) is 16.6 Å². The summed E-state index contributed by atoms with van der Waals surface area (Å²) in [6.45, 7) is 4.54. The number of rotatable bonds is 6. The molecule has 0 spiro atoms. The van der Waals surface area contributed by atoms with Gasteiger partial charge >= 0.3 is 6.03 Å². The van der Waals surface area contributed by atoms with Gasteiger partial charge in [-0.3, -0.25) is 4.79 Å². The maximum absolute atomic E-state index is 12.8. The van der Waals surface area contributed by atoms with Crippen LogP contribution in [-0.2, 0) is 4.79 Å². The van der Waals surface area contributed by atoms with Crippen LogP contribution in [0.5, 0.6) is 5.75 Å². The number of nitrogens with one attached hydrogen (secondary N) is 2. The topological polar surface area (TPSA) is 103 Å². The molecule has 2 aliphatic rings. The van der Waals surface area contributed by atoms with Gasteiger partial charge in [-0.2, -0.15) is 4.98 Å². The summed E-state index contributed by atoms with van der Waals surface area (Å²) in [5.74, 6) is 1.53. The standard InChI is InChI=1S/C22H27Cl2N7O3/c1-13(15-5-4-14(23)10-16(15)24)26-19-18(34-3)11-25-21(28-19)31-8-6-30(7-9-31)20(32)17-12-29(2)22(33)27-17/h4-5,10-11,13,17H,6-9,12H2,1-3H3,(H,27,33)(H,25,26,28)/t13-,17-/m1/s1. The number of aromatic nitrogens is 2. The quantitative estimate of drug-likeness (QED) is 0.619. The summed E-state index contributed by atoms with van der Waals surface area (Å²) >= 11 is 12.4. The predicted octanol–water partition coefficient (Wildman–Crippen LogP) is 2.64. The van der Waals surface area contributed by atoms with E-state index in [9.17, 15) is 9.59 Å². The molecule has 182 valence electrons. The Kier molecular flexibility index (Phi) is 7.18. The fraction of sp³-hybridized carbons (Fsp3) is 0.455. The van der Waals surface area contributed by atoms with Crippen LogP contribution in [0.3, 0.4) is 0 Å². The van der Waals surface area contributed by atoms with E-state index in [0.29, 0.717) is 60.3 Å². The summed E-state index contributed by atoms with van der Waals surface area (Å²) in [5.41, 5.74) is 0.880. The Morgan fingerprint density at radius 3 is 2.62 bits per heavy atom. The molecule has 4 rings (SSSR count). The highest BCUT2D eigenvalue weighted by molar-refractivity contribution is 6.35. The molecule has 2 fully saturated rings. The van der Waals surface area contributed by atoms with E-state index in [1.807, 2.05) is 17.9 Å². The highest BCUT2D eigenvalue weighted by atomic mass is 35.5. The molecule has 0 aliphatic carbocycles. The molecule has 0 bridgehead atoms. The molecule has 0 radical (unpaired) electrons. The van der Waals surface area contributed by atoms with Gasteiger partial charge < -0.3 is 30.1 Å². The summed E-state index contributed by atoms with van der Waals surface area (Å²) in [4.78, 5) is 38.9. The van der Waals surface area contributed by atoms with E-state index >= 15 is 0 Å². The van der Waals surface area contributed by atoms with Crippen LogP contribution in [0.15, 0.2) is 24.4 Å². The Labute approximate surface area is 208 Å². The number of anilines is 2. The summed E-state index contributed by atoms with van der Waals surface area (Å²) in [5, 5.41) is 7.20. The van der Waals surface area contributed by atoms with Crippen molar-refractivity contribution in [1.29, 1.82) is 0 Å². The van der Waals surface area contributed by atoms with E-state index in [-0.39, 0.29) is 18.0 Å². The third kappa shape index (κ3) is 5.07. The normalized spacial score (nSPS) is 19.1. The molecule has 2 aliphatic heterocycles. The molecule has 2 N–H and O–H groups in total. The fourth-order valence-corrected chi connectivity index (χ4v) is 4.62. The van der Waals surface area contributed by atoms with Crippen LogP contribution < -0.4 is 20.3 Å². The van der Waals surface area contributed by atoms with Gasteiger partial charge in [0.1, 0.15) is 6.04 Å². The Morgan fingerprint density at radius 1 is 1.26 bits per heavy atom. The lowest BCUT2D eigenvalue weighted by atomic mass is 10.1. The fourth-order valence-electron chi connectivity index (χ4n) is 4.05. The first-order valence-electron chi connectivity index (χ1n) is 10.9. The number of benzene rings is 1. The minimum absolute atomic E-state index is 0.0657. The molecule has 3 amide bonds. The maximum Gasteiger partial charge on any atom is 0.317 e. The molecule has 10 nitrogen and oxygen atoms in total. The first-order chi connectivity index (χ1) is 16.3. The van der Waals surface area contributed by atoms with Crippen molar-refractivity contribution in [3.8, 4) is 5.75 Å². The van der Waals surface area contributed by atoms with Gasteiger partial charge in [0.15, 0.2) is 11.6 Å². The monoisotopic (exact) mass is 507 g/mol. The first-order valence-corrected chi connectivity index (χ1v) is 11.7. The van der Waals surface area contributed by atoms with E-state index in [0.717, 1.165) is 5.56 Å². The summed E-state index contributed by atoms with van der Waals surface area (Å²) in [6.07, 6.45) is 1.63. The van der Waals surface area contributed by atoms with Crippen molar-refractivity contribution in [2.24, 2.45) is 0 Å². The molecular formula is C22H27Cl2N7O3. The molecule has 2 atom stereocenters. The summed E-state index contributed by atoms with van der Waals surface area (Å²) in [6, 6.07) is 4.48. The van der Waals surface area contributed by atoms with E-state index in [2.05, 4.69) is 20.6 Å². The third-order valence-electron chi connectivity index (χ3n) is 6.02. The van der Waals surface area contributed by atoms with Crippen molar-refractivity contribution < 1.29 is 14.3 Å². The van der Waals surface area contributed by atoms with Crippen LogP contribution in [-0.4, -0.2) is 84.6 Å². The van der Waals surface area contributed by atoms with Crippen molar-refractivity contribution in [2.75, 3.05) is 57.1 Å². The minimum atomic E-state index is -0.502. The maximum atomic E-state index is 12.8. The predicted molar refractivity (Wildman–Crippen MR) is 131 cm³/mol. The molecule has 34 heavy (non-hydrogen) atoms. The number of urea groups is 1. The molecule has 0 saturated carbocycles. The van der Waals surface area contributed by atoms with Crippen molar-refractivity contribution in [1.82, 2.24) is 25.1 Å². The average Bonchev–Trinajstić information content (AvgIpc) is 3.16. The highest BCUT2D eigenvalue weighted by Crippen LogP contribution is 2.31. The Balaban J connectivity index is 1.43. The average molecular weight is 508 g/mol. The number of nitrogens with zero attached hydrogens (tertiary/aromatic N) is 5. The first kappa shape index (κ1) is 24.2. The zero-order valence-corrected chi connectivity index (χ0v) is 20.7. The second-order valence-corrected chi connectivity index (χ2v) is 9.16. The van der Waals surface area contributed by atoms with Crippen molar-refractivity contribution in [2.45, 2.75) is 19.0 Å². The number of hydrogen-bond acceptors (Lipinski definition) is 7. The van der Waals surface area contributed by atoms with Gasteiger partial charge in [-0.15, -0.1) is 0 Å². The molecule has 1 aromatic carbocycles. The van der Waals surface area contributed by atoms with Gasteiger partial charge in [0.2, 0.25) is 11.9 Å². The van der Waals surface area contributed by atoms with E-state index in [1.54, 1.807) is 37.4 Å². The smallest absolute Gasteiger partial charge is 0.317 e. The van der Waals surface area contributed by atoms with E-state index < -0.39 is 6.04 Å². The zero-order chi connectivity index (χ0) is 24.4. The second-order valence-electron chi connectivity index (χ2n) is 8.31. The zero-order valence-electron chi connectivity index (χ0n) is 19.2. The van der Waals surface area contributed by atoms with Gasteiger partial charge in [-0.1, -0.05) is 29.3 Å². The second kappa shape index (κ2) is 10.1. The molecule has 2 saturated heterocycles. The number of carbonyl (C=O) groups is 2. The lowest BCUT2D eigenvalue weighted by Crippen LogP contribution is -2.54. The van der Waals surface area contributed by atoms with Crippen molar-refractivity contribution in [3.05, 3.63) is 40.0 Å². The van der Waals surface area contributed by atoms with Gasteiger partial charge in [0.05, 0.1) is 25.9 Å². The van der Waals surface area contributed by atoms with E-state index in [4.69, 9.17) is 27.9 Å².